The monoisotopic (exact) mass is 322 g/mol. The second-order valence-electron chi connectivity index (χ2n) is 6.99. The molecule has 4 atom stereocenters. The van der Waals surface area contributed by atoms with Crippen LogP contribution in [-0.4, -0.2) is 41.8 Å². The Balaban J connectivity index is 1.81. The number of nitrogens with two attached hydrogens (primary N) is 1. The van der Waals surface area contributed by atoms with Crippen molar-refractivity contribution in [3.63, 3.8) is 0 Å². The quantitative estimate of drug-likeness (QED) is 0.896. The van der Waals surface area contributed by atoms with Gasteiger partial charge in [-0.15, -0.1) is 0 Å². The van der Waals surface area contributed by atoms with Gasteiger partial charge in [-0.2, -0.15) is 0 Å². The molecule has 1 aromatic rings. The van der Waals surface area contributed by atoms with Crippen LogP contribution in [0, 0.1) is 5.92 Å². The number of aliphatic hydroxyl groups is 1. The van der Waals surface area contributed by atoms with Crippen LogP contribution in [0.5, 0.6) is 0 Å². The SMILES string of the molecule is N[C@@H]1CCN(CC(c2cccc(Cl)c2)C2CCCCC2O)C1. The Morgan fingerprint density at radius 2 is 2.09 bits per heavy atom. The maximum absolute atomic E-state index is 10.5. The summed E-state index contributed by atoms with van der Waals surface area (Å²) in [4.78, 5) is 2.46. The van der Waals surface area contributed by atoms with Crippen molar-refractivity contribution < 1.29 is 5.11 Å². The van der Waals surface area contributed by atoms with Gasteiger partial charge in [0, 0.05) is 30.1 Å². The molecule has 4 heteroatoms. The normalized spacial score (nSPS) is 31.3. The molecule has 1 saturated heterocycles. The molecular formula is C18H27ClN2O. The fourth-order valence-corrected chi connectivity index (χ4v) is 4.34. The van der Waals surface area contributed by atoms with Gasteiger partial charge in [0.15, 0.2) is 0 Å². The maximum Gasteiger partial charge on any atom is 0.0574 e. The Kier molecular flexibility index (Phi) is 5.40. The molecule has 0 amide bonds. The van der Waals surface area contributed by atoms with Crippen molar-refractivity contribution in [3.05, 3.63) is 34.9 Å². The van der Waals surface area contributed by atoms with E-state index in [0.29, 0.717) is 17.9 Å². The molecule has 3 unspecified atom stereocenters. The first-order valence-corrected chi connectivity index (χ1v) is 8.93. The van der Waals surface area contributed by atoms with Crippen LogP contribution < -0.4 is 5.73 Å². The molecule has 1 aliphatic carbocycles. The van der Waals surface area contributed by atoms with Crippen LogP contribution in [0.3, 0.4) is 0 Å². The predicted molar refractivity (Wildman–Crippen MR) is 91.2 cm³/mol. The number of rotatable bonds is 4. The van der Waals surface area contributed by atoms with E-state index in [2.05, 4.69) is 17.0 Å². The van der Waals surface area contributed by atoms with Crippen LogP contribution in [0.4, 0.5) is 0 Å². The summed E-state index contributed by atoms with van der Waals surface area (Å²) in [6, 6.07) is 8.48. The Labute approximate surface area is 138 Å². The number of nitrogens with zero attached hydrogens (tertiary/aromatic N) is 1. The zero-order chi connectivity index (χ0) is 15.5. The minimum atomic E-state index is -0.186. The molecular weight excluding hydrogens is 296 g/mol. The third kappa shape index (κ3) is 3.83. The molecule has 1 saturated carbocycles. The van der Waals surface area contributed by atoms with Crippen LogP contribution in [0.15, 0.2) is 24.3 Å². The first-order valence-electron chi connectivity index (χ1n) is 8.55. The molecule has 22 heavy (non-hydrogen) atoms. The summed E-state index contributed by atoms with van der Waals surface area (Å²) in [5, 5.41) is 11.3. The standard InChI is InChI=1S/C18H27ClN2O/c19-14-5-3-4-13(10-14)17(12-21-9-8-15(20)11-21)16-6-1-2-7-18(16)22/h3-5,10,15-18,22H,1-2,6-9,11-12,20H2/t15-,16?,17?,18?/m1/s1. The number of halogens is 1. The molecule has 3 N–H and O–H groups in total. The van der Waals surface area contributed by atoms with Gasteiger partial charge < -0.3 is 15.7 Å². The smallest absolute Gasteiger partial charge is 0.0574 e. The van der Waals surface area contributed by atoms with Crippen LogP contribution in [-0.2, 0) is 0 Å². The Hall–Kier alpha value is -0.610. The summed E-state index contributed by atoms with van der Waals surface area (Å²) in [6.07, 6.45) is 5.30. The Morgan fingerprint density at radius 1 is 1.27 bits per heavy atom. The molecule has 2 aliphatic rings. The van der Waals surface area contributed by atoms with E-state index in [4.69, 9.17) is 17.3 Å². The molecule has 3 nitrogen and oxygen atoms in total. The van der Waals surface area contributed by atoms with E-state index in [1.54, 1.807) is 0 Å². The van der Waals surface area contributed by atoms with E-state index in [1.807, 2.05) is 12.1 Å². The van der Waals surface area contributed by atoms with E-state index in [9.17, 15) is 5.11 Å². The molecule has 0 aromatic heterocycles. The number of hydrogen-bond donors (Lipinski definition) is 2. The Morgan fingerprint density at radius 3 is 2.77 bits per heavy atom. The van der Waals surface area contributed by atoms with Gasteiger partial charge in [-0.3, -0.25) is 0 Å². The lowest BCUT2D eigenvalue weighted by atomic mass is 9.75. The minimum absolute atomic E-state index is 0.186. The molecule has 1 heterocycles. The maximum atomic E-state index is 10.5. The fraction of sp³-hybridized carbons (Fsp3) is 0.667. The van der Waals surface area contributed by atoms with Crippen LogP contribution in [0.1, 0.15) is 43.6 Å². The van der Waals surface area contributed by atoms with E-state index in [0.717, 1.165) is 50.3 Å². The van der Waals surface area contributed by atoms with Crippen LogP contribution >= 0.6 is 11.6 Å². The summed E-state index contributed by atoms with van der Waals surface area (Å²) < 4.78 is 0. The highest BCUT2D eigenvalue weighted by atomic mass is 35.5. The van der Waals surface area contributed by atoms with Crippen LogP contribution in [0.2, 0.25) is 5.02 Å². The lowest BCUT2D eigenvalue weighted by molar-refractivity contribution is 0.0476. The summed E-state index contributed by atoms with van der Waals surface area (Å²) in [7, 11) is 0. The first kappa shape index (κ1) is 16.3. The van der Waals surface area contributed by atoms with Crippen molar-refractivity contribution in [2.75, 3.05) is 19.6 Å². The molecule has 1 aliphatic heterocycles. The lowest BCUT2D eigenvalue weighted by Gasteiger charge is -2.36. The third-order valence-electron chi connectivity index (χ3n) is 5.34. The zero-order valence-electron chi connectivity index (χ0n) is 13.1. The van der Waals surface area contributed by atoms with Gasteiger partial charge in [0.2, 0.25) is 0 Å². The molecule has 1 aromatic carbocycles. The number of benzene rings is 1. The minimum Gasteiger partial charge on any atom is -0.393 e. The second kappa shape index (κ2) is 7.31. The molecule has 2 fully saturated rings. The average Bonchev–Trinajstić information content (AvgIpc) is 2.91. The molecule has 122 valence electrons. The number of likely N-dealkylation sites (tertiary alicyclic amines) is 1. The van der Waals surface area contributed by atoms with Gasteiger partial charge in [0.25, 0.3) is 0 Å². The van der Waals surface area contributed by atoms with Gasteiger partial charge in [-0.05, 0) is 49.4 Å². The van der Waals surface area contributed by atoms with Gasteiger partial charge in [-0.1, -0.05) is 36.6 Å². The van der Waals surface area contributed by atoms with Crippen molar-refractivity contribution in [1.29, 1.82) is 0 Å². The number of hydrogen-bond acceptors (Lipinski definition) is 3. The fourth-order valence-electron chi connectivity index (χ4n) is 4.14. The van der Waals surface area contributed by atoms with Crippen molar-refractivity contribution in [2.24, 2.45) is 11.7 Å². The van der Waals surface area contributed by atoms with Gasteiger partial charge in [-0.25, -0.2) is 0 Å². The molecule has 3 rings (SSSR count). The summed E-state index contributed by atoms with van der Waals surface area (Å²) in [6.45, 7) is 3.02. The van der Waals surface area contributed by atoms with Crippen LogP contribution in [0.25, 0.3) is 0 Å². The summed E-state index contributed by atoms with van der Waals surface area (Å²) in [5.74, 6) is 0.684. The van der Waals surface area contributed by atoms with Gasteiger partial charge in [0.1, 0.15) is 0 Å². The van der Waals surface area contributed by atoms with Crippen molar-refractivity contribution >= 4 is 11.6 Å². The zero-order valence-corrected chi connectivity index (χ0v) is 13.9. The average molecular weight is 323 g/mol. The second-order valence-corrected chi connectivity index (χ2v) is 7.42. The lowest BCUT2D eigenvalue weighted by Crippen LogP contribution is -2.37. The van der Waals surface area contributed by atoms with E-state index in [1.165, 1.54) is 12.0 Å². The van der Waals surface area contributed by atoms with Crippen molar-refractivity contribution in [1.82, 2.24) is 4.90 Å². The summed E-state index contributed by atoms with van der Waals surface area (Å²) in [5.41, 5.74) is 7.32. The first-order chi connectivity index (χ1) is 10.6. The van der Waals surface area contributed by atoms with Crippen molar-refractivity contribution in [3.8, 4) is 0 Å². The molecule has 0 spiro atoms. The van der Waals surface area contributed by atoms with Gasteiger partial charge >= 0.3 is 0 Å². The van der Waals surface area contributed by atoms with Crippen molar-refractivity contribution in [2.45, 2.75) is 50.2 Å². The third-order valence-corrected chi connectivity index (χ3v) is 5.57. The molecule has 0 radical (unpaired) electrons. The highest BCUT2D eigenvalue weighted by Gasteiger charge is 2.34. The predicted octanol–water partition coefficient (Wildman–Crippen LogP) is 3.01. The Bertz CT molecular complexity index is 496. The topological polar surface area (TPSA) is 49.5 Å². The summed E-state index contributed by atoms with van der Waals surface area (Å²) >= 11 is 6.21. The van der Waals surface area contributed by atoms with E-state index >= 15 is 0 Å². The van der Waals surface area contributed by atoms with Gasteiger partial charge in [0.05, 0.1) is 6.10 Å². The largest absolute Gasteiger partial charge is 0.393 e. The highest BCUT2D eigenvalue weighted by molar-refractivity contribution is 6.30. The number of aliphatic hydroxyl groups excluding tert-OH is 1. The molecule has 0 bridgehead atoms. The van der Waals surface area contributed by atoms with E-state index < -0.39 is 0 Å². The highest BCUT2D eigenvalue weighted by Crippen LogP contribution is 2.38. The van der Waals surface area contributed by atoms with E-state index in [-0.39, 0.29) is 6.10 Å².